The molecule has 19 heavy (non-hydrogen) atoms. The molecular weight excluding hydrogens is 238 g/mol. The number of nitrogens with one attached hydrogen (secondary N) is 1. The van der Waals surface area contributed by atoms with Crippen LogP contribution in [0.5, 0.6) is 0 Å². The molecule has 1 heterocycles. The summed E-state index contributed by atoms with van der Waals surface area (Å²) in [5.41, 5.74) is 7.65. The molecule has 1 amide bonds. The van der Waals surface area contributed by atoms with Gasteiger partial charge < -0.3 is 11.1 Å². The zero-order valence-electron chi connectivity index (χ0n) is 11.6. The van der Waals surface area contributed by atoms with Gasteiger partial charge in [0.15, 0.2) is 0 Å². The lowest BCUT2D eigenvalue weighted by molar-refractivity contribution is 0.0913. The number of carbonyl (C=O) groups excluding carboxylic acids is 1. The van der Waals surface area contributed by atoms with Crippen LogP contribution in [0.25, 0.3) is 0 Å². The molecule has 104 valence electrons. The predicted octanol–water partition coefficient (Wildman–Crippen LogP) is 2.03. The lowest BCUT2D eigenvalue weighted by atomic mass is 9.74. The molecule has 0 unspecified atom stereocenters. The van der Waals surface area contributed by atoms with Gasteiger partial charge in [-0.2, -0.15) is 0 Å². The Balaban J connectivity index is 1.95. The van der Waals surface area contributed by atoms with Gasteiger partial charge in [-0.3, -0.25) is 9.78 Å². The van der Waals surface area contributed by atoms with Gasteiger partial charge in [-0.25, -0.2) is 0 Å². The van der Waals surface area contributed by atoms with Crippen molar-refractivity contribution in [2.24, 2.45) is 11.1 Å². The van der Waals surface area contributed by atoms with Gasteiger partial charge >= 0.3 is 0 Å². The maximum absolute atomic E-state index is 12.1. The van der Waals surface area contributed by atoms with Crippen molar-refractivity contribution in [3.63, 3.8) is 0 Å². The van der Waals surface area contributed by atoms with Gasteiger partial charge in [0.1, 0.15) is 0 Å². The summed E-state index contributed by atoms with van der Waals surface area (Å²) in [6.45, 7) is 3.27. The molecule has 2 rings (SSSR count). The first kappa shape index (κ1) is 14.0. The average Bonchev–Trinajstić information content (AvgIpc) is 2.46. The van der Waals surface area contributed by atoms with E-state index in [1.165, 1.54) is 19.3 Å². The first-order valence-corrected chi connectivity index (χ1v) is 7.05. The van der Waals surface area contributed by atoms with Gasteiger partial charge in [0, 0.05) is 18.9 Å². The normalized spacial score (nSPS) is 18.0. The average molecular weight is 261 g/mol. The van der Waals surface area contributed by atoms with Crippen LogP contribution in [0.1, 0.15) is 48.0 Å². The quantitative estimate of drug-likeness (QED) is 0.871. The highest BCUT2D eigenvalue weighted by atomic mass is 16.1. The predicted molar refractivity (Wildman–Crippen MR) is 75.9 cm³/mol. The summed E-state index contributed by atoms with van der Waals surface area (Å²) in [7, 11) is 0. The molecule has 1 fully saturated rings. The number of aryl methyl sites for hydroxylation is 1. The molecular formula is C15H23N3O. The van der Waals surface area contributed by atoms with E-state index in [9.17, 15) is 4.79 Å². The summed E-state index contributed by atoms with van der Waals surface area (Å²) in [4.78, 5) is 16.2. The number of pyridine rings is 1. The van der Waals surface area contributed by atoms with E-state index in [-0.39, 0.29) is 11.3 Å². The smallest absolute Gasteiger partial charge is 0.252 e. The minimum Gasteiger partial charge on any atom is -0.351 e. The number of rotatable bonds is 4. The third-order valence-electron chi connectivity index (χ3n) is 4.11. The maximum atomic E-state index is 12.1. The minimum absolute atomic E-state index is 0.0467. The topological polar surface area (TPSA) is 68.0 Å². The van der Waals surface area contributed by atoms with E-state index in [1.54, 1.807) is 12.4 Å². The van der Waals surface area contributed by atoms with Crippen LogP contribution in [-0.4, -0.2) is 24.0 Å². The maximum Gasteiger partial charge on any atom is 0.252 e. The molecule has 0 bridgehead atoms. The fourth-order valence-corrected chi connectivity index (χ4v) is 2.80. The summed E-state index contributed by atoms with van der Waals surface area (Å²) in [5.74, 6) is -0.0467. The number of amides is 1. The molecule has 4 heteroatoms. The third-order valence-corrected chi connectivity index (χ3v) is 4.11. The molecule has 0 atom stereocenters. The van der Waals surface area contributed by atoms with Crippen LogP contribution in [0.2, 0.25) is 0 Å². The van der Waals surface area contributed by atoms with E-state index >= 15 is 0 Å². The third kappa shape index (κ3) is 3.53. The van der Waals surface area contributed by atoms with E-state index < -0.39 is 0 Å². The van der Waals surface area contributed by atoms with Gasteiger partial charge in [0.25, 0.3) is 5.91 Å². The van der Waals surface area contributed by atoms with Crippen LogP contribution in [0.3, 0.4) is 0 Å². The Kier molecular flexibility index (Phi) is 4.53. The number of aromatic nitrogens is 1. The lowest BCUT2D eigenvalue weighted by Crippen LogP contribution is -2.43. The number of nitrogens with zero attached hydrogens (tertiary/aromatic N) is 1. The van der Waals surface area contributed by atoms with Crippen LogP contribution in [0, 0.1) is 12.3 Å². The molecule has 0 aliphatic heterocycles. The van der Waals surface area contributed by atoms with Crippen molar-refractivity contribution in [3.8, 4) is 0 Å². The number of hydrogen-bond acceptors (Lipinski definition) is 3. The van der Waals surface area contributed by atoms with Crippen molar-refractivity contribution in [1.82, 2.24) is 10.3 Å². The van der Waals surface area contributed by atoms with Crippen LogP contribution < -0.4 is 11.1 Å². The summed E-state index contributed by atoms with van der Waals surface area (Å²) in [6.07, 6.45) is 9.33. The molecule has 0 saturated heterocycles. The molecule has 1 saturated carbocycles. The van der Waals surface area contributed by atoms with Crippen LogP contribution in [-0.2, 0) is 0 Å². The van der Waals surface area contributed by atoms with Crippen LogP contribution in [0.4, 0.5) is 0 Å². The van der Waals surface area contributed by atoms with Crippen molar-refractivity contribution in [1.29, 1.82) is 0 Å². The van der Waals surface area contributed by atoms with E-state index in [2.05, 4.69) is 10.3 Å². The van der Waals surface area contributed by atoms with E-state index in [1.807, 2.05) is 13.0 Å². The molecule has 1 aliphatic rings. The van der Waals surface area contributed by atoms with Crippen LogP contribution in [0.15, 0.2) is 18.5 Å². The Morgan fingerprint density at radius 2 is 2.11 bits per heavy atom. The zero-order chi connectivity index (χ0) is 13.7. The van der Waals surface area contributed by atoms with Crippen LogP contribution >= 0.6 is 0 Å². The molecule has 1 aromatic heterocycles. The van der Waals surface area contributed by atoms with Crippen molar-refractivity contribution < 1.29 is 4.79 Å². The summed E-state index contributed by atoms with van der Waals surface area (Å²) >= 11 is 0. The molecule has 1 aliphatic carbocycles. The van der Waals surface area contributed by atoms with Gasteiger partial charge in [-0.1, -0.05) is 19.3 Å². The number of hydrogen-bond donors (Lipinski definition) is 2. The van der Waals surface area contributed by atoms with E-state index in [0.29, 0.717) is 18.7 Å². The molecule has 0 spiro atoms. The van der Waals surface area contributed by atoms with Crippen molar-refractivity contribution in [2.45, 2.75) is 39.0 Å². The Morgan fingerprint density at radius 3 is 2.74 bits per heavy atom. The Hall–Kier alpha value is -1.42. The standard InChI is InChI=1S/C15H23N3O/c1-12-7-13(9-17-8-12)14(19)18-11-15(10-16)5-3-2-4-6-15/h7-9H,2-6,10-11,16H2,1H3,(H,18,19). The van der Waals surface area contributed by atoms with Gasteiger partial charge in [0.2, 0.25) is 0 Å². The fourth-order valence-electron chi connectivity index (χ4n) is 2.80. The van der Waals surface area contributed by atoms with Gasteiger partial charge in [0.05, 0.1) is 5.56 Å². The molecule has 1 aromatic rings. The second kappa shape index (κ2) is 6.15. The molecule has 3 N–H and O–H groups in total. The first-order chi connectivity index (χ1) is 9.15. The first-order valence-electron chi connectivity index (χ1n) is 7.05. The second-order valence-corrected chi connectivity index (χ2v) is 5.70. The van der Waals surface area contributed by atoms with Crippen molar-refractivity contribution >= 4 is 5.91 Å². The Morgan fingerprint density at radius 1 is 1.37 bits per heavy atom. The SMILES string of the molecule is Cc1cncc(C(=O)NCC2(CN)CCCCC2)c1. The molecule has 4 nitrogen and oxygen atoms in total. The van der Waals surface area contributed by atoms with Crippen molar-refractivity contribution in [2.75, 3.05) is 13.1 Å². The highest BCUT2D eigenvalue weighted by molar-refractivity contribution is 5.94. The summed E-state index contributed by atoms with van der Waals surface area (Å²) < 4.78 is 0. The molecule has 0 aromatic carbocycles. The Bertz CT molecular complexity index is 439. The van der Waals surface area contributed by atoms with Gasteiger partial charge in [-0.15, -0.1) is 0 Å². The largest absolute Gasteiger partial charge is 0.351 e. The highest BCUT2D eigenvalue weighted by Gasteiger charge is 2.30. The Labute approximate surface area is 114 Å². The fraction of sp³-hybridized carbons (Fsp3) is 0.600. The minimum atomic E-state index is -0.0467. The van der Waals surface area contributed by atoms with Gasteiger partial charge in [-0.05, 0) is 43.4 Å². The monoisotopic (exact) mass is 261 g/mol. The van der Waals surface area contributed by atoms with Crippen molar-refractivity contribution in [3.05, 3.63) is 29.6 Å². The summed E-state index contributed by atoms with van der Waals surface area (Å²) in [6, 6.07) is 1.86. The lowest BCUT2D eigenvalue weighted by Gasteiger charge is -2.36. The zero-order valence-corrected chi connectivity index (χ0v) is 11.6. The summed E-state index contributed by atoms with van der Waals surface area (Å²) in [5, 5.41) is 3.03. The second-order valence-electron chi connectivity index (χ2n) is 5.70. The van der Waals surface area contributed by atoms with E-state index in [0.717, 1.165) is 18.4 Å². The number of carbonyl (C=O) groups is 1. The molecule has 0 radical (unpaired) electrons. The van der Waals surface area contributed by atoms with E-state index in [4.69, 9.17) is 5.73 Å². The number of nitrogens with two attached hydrogens (primary N) is 1. The highest BCUT2D eigenvalue weighted by Crippen LogP contribution is 2.34.